The van der Waals surface area contributed by atoms with Crippen molar-refractivity contribution in [1.29, 1.82) is 0 Å². The van der Waals surface area contributed by atoms with E-state index in [1.807, 2.05) is 13.0 Å². The van der Waals surface area contributed by atoms with Crippen molar-refractivity contribution < 1.29 is 24.2 Å². The second-order valence-corrected chi connectivity index (χ2v) is 8.65. The number of aryl methyl sites for hydroxylation is 1. The third-order valence-electron chi connectivity index (χ3n) is 5.30. The molecule has 170 valence electrons. The van der Waals surface area contributed by atoms with Crippen molar-refractivity contribution in [2.75, 3.05) is 26.9 Å². The molecule has 3 rings (SSSR count). The Kier molecular flexibility index (Phi) is 7.59. The summed E-state index contributed by atoms with van der Waals surface area (Å²) in [6, 6.07) is 11.4. The van der Waals surface area contributed by atoms with Crippen LogP contribution in [-0.4, -0.2) is 48.6 Å². The van der Waals surface area contributed by atoms with Gasteiger partial charge in [-0.2, -0.15) is 0 Å². The number of halogens is 1. The third-order valence-corrected chi connectivity index (χ3v) is 5.55. The van der Waals surface area contributed by atoms with E-state index < -0.39 is 17.7 Å². The molecule has 1 N–H and O–H groups in total. The number of hydrogen-bond acceptors (Lipinski definition) is 5. The first kappa shape index (κ1) is 23.8. The Morgan fingerprint density at radius 1 is 1.16 bits per heavy atom. The fraction of sp³-hybridized carbons (Fsp3) is 0.360. The van der Waals surface area contributed by atoms with E-state index in [1.165, 1.54) is 12.0 Å². The van der Waals surface area contributed by atoms with Gasteiger partial charge in [-0.05, 0) is 54.3 Å². The number of Topliss-reactive ketones (excluding diaryl/α,β-unsaturated/α-hetero) is 1. The van der Waals surface area contributed by atoms with Gasteiger partial charge in [0.25, 0.3) is 11.7 Å². The van der Waals surface area contributed by atoms with Crippen LogP contribution < -0.4 is 4.74 Å². The minimum Gasteiger partial charge on any atom is -0.507 e. The molecule has 0 spiro atoms. The molecule has 1 amide bonds. The number of aliphatic hydroxyl groups excluding tert-OH is 1. The van der Waals surface area contributed by atoms with Gasteiger partial charge in [0.2, 0.25) is 0 Å². The number of benzene rings is 2. The van der Waals surface area contributed by atoms with Crippen LogP contribution in [0.5, 0.6) is 5.75 Å². The molecule has 0 aromatic heterocycles. The van der Waals surface area contributed by atoms with E-state index in [1.54, 1.807) is 36.4 Å². The largest absolute Gasteiger partial charge is 0.507 e. The Bertz CT molecular complexity index is 1030. The number of ketones is 1. The van der Waals surface area contributed by atoms with Crippen LogP contribution in [0.25, 0.3) is 5.76 Å². The van der Waals surface area contributed by atoms with Crippen LogP contribution in [0, 0.1) is 12.8 Å². The van der Waals surface area contributed by atoms with E-state index in [4.69, 9.17) is 21.1 Å². The Morgan fingerprint density at radius 3 is 2.44 bits per heavy atom. The van der Waals surface area contributed by atoms with Crippen molar-refractivity contribution in [3.8, 4) is 5.75 Å². The fourth-order valence-corrected chi connectivity index (χ4v) is 3.82. The lowest BCUT2D eigenvalue weighted by Crippen LogP contribution is -2.32. The van der Waals surface area contributed by atoms with E-state index >= 15 is 0 Å². The molecule has 1 heterocycles. The van der Waals surface area contributed by atoms with Crippen molar-refractivity contribution in [2.45, 2.75) is 26.8 Å². The van der Waals surface area contributed by atoms with Crippen molar-refractivity contribution in [1.82, 2.24) is 4.90 Å². The average molecular weight is 458 g/mol. The van der Waals surface area contributed by atoms with Crippen molar-refractivity contribution >= 4 is 29.1 Å². The third kappa shape index (κ3) is 4.97. The molecule has 0 aliphatic carbocycles. The predicted molar refractivity (Wildman–Crippen MR) is 124 cm³/mol. The molecule has 1 atom stereocenters. The summed E-state index contributed by atoms with van der Waals surface area (Å²) in [6.45, 7) is 7.00. The molecule has 0 radical (unpaired) electrons. The van der Waals surface area contributed by atoms with Gasteiger partial charge in [-0.15, -0.1) is 0 Å². The van der Waals surface area contributed by atoms with Crippen LogP contribution in [-0.2, 0) is 14.3 Å². The zero-order chi connectivity index (χ0) is 23.4. The Labute approximate surface area is 193 Å². The predicted octanol–water partition coefficient (Wildman–Crippen LogP) is 4.75. The van der Waals surface area contributed by atoms with Crippen LogP contribution in [0.1, 0.15) is 36.6 Å². The number of nitrogens with zero attached hydrogens (tertiary/aromatic N) is 1. The molecule has 32 heavy (non-hydrogen) atoms. The summed E-state index contributed by atoms with van der Waals surface area (Å²) < 4.78 is 10.9. The standard InChI is InChI=1S/C25H28ClNO5/c1-15(2)14-32-19-9-10-20(16(3)13-19)23(28)21-22(17-5-7-18(26)8-6-17)27(11-12-31-4)25(30)24(21)29/h5-10,13,15,22,28H,11-12,14H2,1-4H3/b23-21+/t22-/m1/s1. The molecule has 1 saturated heterocycles. The molecule has 2 aromatic carbocycles. The van der Waals surface area contributed by atoms with Crippen molar-refractivity contribution in [3.63, 3.8) is 0 Å². The van der Waals surface area contributed by atoms with Gasteiger partial charge in [0.15, 0.2) is 0 Å². The normalized spacial score (nSPS) is 17.9. The maximum atomic E-state index is 13.0. The second-order valence-electron chi connectivity index (χ2n) is 8.22. The molecule has 6 nitrogen and oxygen atoms in total. The molecule has 0 saturated carbocycles. The lowest BCUT2D eigenvalue weighted by molar-refractivity contribution is -0.140. The van der Waals surface area contributed by atoms with Crippen LogP contribution in [0.2, 0.25) is 5.02 Å². The Hall–Kier alpha value is -2.83. The summed E-state index contributed by atoms with van der Waals surface area (Å²) in [4.78, 5) is 27.3. The number of amides is 1. The van der Waals surface area contributed by atoms with E-state index in [2.05, 4.69) is 13.8 Å². The van der Waals surface area contributed by atoms with Gasteiger partial charge >= 0.3 is 0 Å². The fourth-order valence-electron chi connectivity index (χ4n) is 3.69. The van der Waals surface area contributed by atoms with E-state index in [0.717, 1.165) is 5.56 Å². The molecule has 1 aliphatic heterocycles. The first-order valence-electron chi connectivity index (χ1n) is 10.5. The summed E-state index contributed by atoms with van der Waals surface area (Å²) >= 11 is 6.03. The van der Waals surface area contributed by atoms with Crippen LogP contribution in [0.3, 0.4) is 0 Å². The lowest BCUT2D eigenvalue weighted by Gasteiger charge is -2.25. The Morgan fingerprint density at radius 2 is 1.84 bits per heavy atom. The quantitative estimate of drug-likeness (QED) is 0.351. The van der Waals surface area contributed by atoms with Crippen molar-refractivity contribution in [2.24, 2.45) is 5.92 Å². The molecular weight excluding hydrogens is 430 g/mol. The summed E-state index contributed by atoms with van der Waals surface area (Å²) in [5.41, 5.74) is 1.94. The number of carbonyl (C=O) groups is 2. The number of rotatable bonds is 8. The van der Waals surface area contributed by atoms with Crippen molar-refractivity contribution in [3.05, 3.63) is 69.8 Å². The SMILES string of the molecule is COCCN1C(=O)C(=O)/C(=C(/O)c2ccc(OCC(C)C)cc2C)[C@H]1c1ccc(Cl)cc1. The number of aliphatic hydroxyl groups is 1. The molecule has 0 bridgehead atoms. The maximum Gasteiger partial charge on any atom is 0.295 e. The van der Waals surface area contributed by atoms with Gasteiger partial charge in [0.05, 0.1) is 24.8 Å². The summed E-state index contributed by atoms with van der Waals surface area (Å²) in [5.74, 6) is -0.541. The highest BCUT2D eigenvalue weighted by Gasteiger charge is 2.46. The zero-order valence-corrected chi connectivity index (χ0v) is 19.5. The van der Waals surface area contributed by atoms with E-state index in [9.17, 15) is 14.7 Å². The van der Waals surface area contributed by atoms with Gasteiger partial charge in [-0.25, -0.2) is 0 Å². The summed E-state index contributed by atoms with van der Waals surface area (Å²) in [7, 11) is 1.53. The Balaban J connectivity index is 2.07. The van der Waals surface area contributed by atoms with Crippen LogP contribution in [0.4, 0.5) is 0 Å². The molecule has 1 fully saturated rings. The van der Waals surface area contributed by atoms with Crippen LogP contribution in [0.15, 0.2) is 48.0 Å². The molecule has 2 aromatic rings. The smallest absolute Gasteiger partial charge is 0.295 e. The van der Waals surface area contributed by atoms with Gasteiger partial charge in [-0.3, -0.25) is 9.59 Å². The van der Waals surface area contributed by atoms with Crippen LogP contribution >= 0.6 is 11.6 Å². The lowest BCUT2D eigenvalue weighted by atomic mass is 9.94. The number of carbonyl (C=O) groups excluding carboxylic acids is 2. The molecule has 0 unspecified atom stereocenters. The highest BCUT2D eigenvalue weighted by Crippen LogP contribution is 2.40. The maximum absolute atomic E-state index is 13.0. The number of methoxy groups -OCH3 is 1. The second kappa shape index (κ2) is 10.2. The summed E-state index contributed by atoms with van der Waals surface area (Å²) in [5, 5.41) is 11.7. The van der Waals surface area contributed by atoms with Gasteiger partial charge < -0.3 is 19.5 Å². The zero-order valence-electron chi connectivity index (χ0n) is 18.7. The first-order valence-corrected chi connectivity index (χ1v) is 10.9. The van der Waals surface area contributed by atoms with Gasteiger partial charge in [0, 0.05) is 24.2 Å². The first-order chi connectivity index (χ1) is 15.2. The highest BCUT2D eigenvalue weighted by atomic mass is 35.5. The summed E-state index contributed by atoms with van der Waals surface area (Å²) in [6.07, 6.45) is 0. The minimum absolute atomic E-state index is 0.0485. The highest BCUT2D eigenvalue weighted by molar-refractivity contribution is 6.46. The minimum atomic E-state index is -0.737. The number of likely N-dealkylation sites (tertiary alicyclic amines) is 1. The number of hydrogen-bond donors (Lipinski definition) is 1. The molecule has 7 heteroatoms. The average Bonchev–Trinajstić information content (AvgIpc) is 3.01. The molecule has 1 aliphatic rings. The monoisotopic (exact) mass is 457 g/mol. The van der Waals surface area contributed by atoms with E-state index in [0.29, 0.717) is 34.4 Å². The number of ether oxygens (including phenoxy) is 2. The molecular formula is C25H28ClNO5. The van der Waals surface area contributed by atoms with Gasteiger partial charge in [0.1, 0.15) is 11.5 Å². The van der Waals surface area contributed by atoms with E-state index in [-0.39, 0.29) is 24.5 Å². The topological polar surface area (TPSA) is 76.1 Å². The van der Waals surface area contributed by atoms with Gasteiger partial charge in [-0.1, -0.05) is 37.6 Å².